The van der Waals surface area contributed by atoms with Crippen LogP contribution in [0.25, 0.3) is 44.2 Å². The lowest BCUT2D eigenvalue weighted by Crippen LogP contribution is -2.08. The maximum atomic E-state index is 14.7. The second-order valence-corrected chi connectivity index (χ2v) is 12.4. The monoisotopic (exact) mass is 606 g/mol. The van der Waals surface area contributed by atoms with E-state index in [9.17, 15) is 4.79 Å². The van der Waals surface area contributed by atoms with Crippen LogP contribution < -0.4 is 5.43 Å². The molecule has 0 aromatic carbocycles. The number of allylic oxidation sites excluding steroid dienone is 2. The van der Waals surface area contributed by atoms with Gasteiger partial charge in [-0.15, -0.1) is 0 Å². The summed E-state index contributed by atoms with van der Waals surface area (Å²) in [5.74, 6) is 0. The van der Waals surface area contributed by atoms with E-state index in [1.54, 1.807) is 0 Å². The first-order valence-electron chi connectivity index (χ1n) is 17.9. The highest BCUT2D eigenvalue weighted by molar-refractivity contribution is 5.95. The van der Waals surface area contributed by atoms with E-state index in [-0.39, 0.29) is 5.43 Å². The van der Waals surface area contributed by atoms with Gasteiger partial charge >= 0.3 is 0 Å². The quantitative estimate of drug-likeness (QED) is 0.159. The van der Waals surface area contributed by atoms with E-state index >= 15 is 0 Å². The zero-order valence-electron chi connectivity index (χ0n) is 29.3. The van der Waals surface area contributed by atoms with Gasteiger partial charge in [0.1, 0.15) is 5.69 Å². The molecule has 5 heterocycles. The molecule has 45 heavy (non-hydrogen) atoms. The number of aromatic nitrogens is 4. The second-order valence-electron chi connectivity index (χ2n) is 12.4. The molecule has 0 saturated heterocycles. The number of H-pyrrole nitrogens is 3. The molecule has 1 aliphatic heterocycles. The molecule has 0 fully saturated rings. The van der Waals surface area contributed by atoms with Crippen LogP contribution in [-0.2, 0) is 44.9 Å². The van der Waals surface area contributed by atoms with Gasteiger partial charge in [0.25, 0.3) is 0 Å². The van der Waals surface area contributed by atoms with Gasteiger partial charge in [0.2, 0.25) is 5.43 Å². The van der Waals surface area contributed by atoms with Gasteiger partial charge in [-0.05, 0) is 121 Å². The average Bonchev–Trinajstić information content (AvgIpc) is 3.79. The first-order chi connectivity index (χ1) is 21.8. The van der Waals surface area contributed by atoms with Crippen molar-refractivity contribution in [2.75, 3.05) is 0 Å². The Bertz CT molecular complexity index is 1950. The summed E-state index contributed by atoms with van der Waals surface area (Å²) >= 11 is 0. The van der Waals surface area contributed by atoms with E-state index < -0.39 is 0 Å². The predicted octanol–water partition coefficient (Wildman–Crippen LogP) is 10.3. The van der Waals surface area contributed by atoms with Crippen LogP contribution in [0, 0.1) is 0 Å². The molecular formula is C40H54N4O. The summed E-state index contributed by atoms with van der Waals surface area (Å²) in [5, 5.41) is 0. The van der Waals surface area contributed by atoms with Crippen LogP contribution in [0.3, 0.4) is 0 Å². The van der Waals surface area contributed by atoms with Gasteiger partial charge in [0.15, 0.2) is 0 Å². The van der Waals surface area contributed by atoms with Crippen molar-refractivity contribution in [3.8, 4) is 0 Å². The summed E-state index contributed by atoms with van der Waals surface area (Å²) in [5.41, 5.74) is 19.6. The lowest BCUT2D eigenvalue weighted by molar-refractivity contribution is 0.793. The molecule has 3 N–H and O–H groups in total. The standard InChI is InChI=1S/C40H54N4O/c1-10-19-20-31-36-27(15-6)25(13-4)34(42-36)21-32-23(11-2)24(12-3)33(41-32)22-35-26(14-5)28(16-7)38(43-35)40(45)39-30(18-9)29(17-8)37(31)44-39/h21-22,41-43H,10-20H2,1-9H3. The van der Waals surface area contributed by atoms with Crippen LogP contribution >= 0.6 is 0 Å². The lowest BCUT2D eigenvalue weighted by atomic mass is 9.94. The van der Waals surface area contributed by atoms with E-state index in [1.165, 1.54) is 55.5 Å². The third-order valence-corrected chi connectivity index (χ3v) is 10.2. The number of hydrogen-bond donors (Lipinski definition) is 3. The minimum absolute atomic E-state index is 0.0311. The third-order valence-electron chi connectivity index (χ3n) is 10.2. The van der Waals surface area contributed by atoms with E-state index in [4.69, 9.17) is 4.98 Å². The number of aryl methyl sites for hydroxylation is 7. The van der Waals surface area contributed by atoms with Gasteiger partial charge in [-0.2, -0.15) is 0 Å². The van der Waals surface area contributed by atoms with E-state index in [0.717, 1.165) is 98.5 Å². The number of hydrogen-bond acceptors (Lipinski definition) is 2. The smallest absolute Gasteiger partial charge is 0.228 e. The number of nitrogens with zero attached hydrogens (tertiary/aromatic N) is 1. The molecule has 0 atom stereocenters. The van der Waals surface area contributed by atoms with Crippen molar-refractivity contribution in [2.24, 2.45) is 0 Å². The van der Waals surface area contributed by atoms with Crippen LogP contribution in [-0.4, -0.2) is 19.9 Å². The fourth-order valence-electron chi connectivity index (χ4n) is 8.01. The Balaban J connectivity index is 2.16. The number of aromatic amines is 3. The molecule has 1 aliphatic rings. The summed E-state index contributed by atoms with van der Waals surface area (Å²) in [6.07, 6.45) is 10.2. The van der Waals surface area contributed by atoms with E-state index in [2.05, 4.69) is 89.4 Å². The third kappa shape index (κ3) is 5.47. The van der Waals surface area contributed by atoms with Gasteiger partial charge in [-0.25, -0.2) is 4.98 Å². The van der Waals surface area contributed by atoms with Gasteiger partial charge in [-0.1, -0.05) is 68.7 Å². The molecule has 0 unspecified atom stereocenters. The van der Waals surface area contributed by atoms with Gasteiger partial charge in [0.05, 0.1) is 11.2 Å². The Labute approximate surface area is 269 Å². The molecule has 5 nitrogen and oxygen atoms in total. The van der Waals surface area contributed by atoms with Gasteiger partial charge < -0.3 is 15.0 Å². The molecule has 0 amide bonds. The van der Waals surface area contributed by atoms with Crippen molar-refractivity contribution in [3.63, 3.8) is 0 Å². The van der Waals surface area contributed by atoms with E-state index in [1.807, 2.05) is 0 Å². The molecular weight excluding hydrogens is 552 g/mol. The number of fused-ring (bicyclic) bond motifs is 8. The Morgan fingerprint density at radius 1 is 0.489 bits per heavy atom. The SMILES string of the molecule is CCCCc1c2nc(c(=O)c3[nH]c(cc4[nH]c(cc5[nH]c1c(CC)c5CC)c(CC)c4CC)c(CC)c3CC)C(CC)=C2CC. The Kier molecular flexibility index (Phi) is 10.1. The summed E-state index contributed by atoms with van der Waals surface area (Å²) in [7, 11) is 0. The van der Waals surface area contributed by atoms with Crippen LogP contribution in [0.15, 0.2) is 16.9 Å². The highest BCUT2D eigenvalue weighted by Gasteiger charge is 2.26. The maximum absolute atomic E-state index is 14.7. The van der Waals surface area contributed by atoms with Crippen molar-refractivity contribution in [1.29, 1.82) is 0 Å². The minimum atomic E-state index is 0.0311. The van der Waals surface area contributed by atoms with Gasteiger partial charge in [-0.3, -0.25) is 4.79 Å². The predicted molar refractivity (Wildman–Crippen MR) is 195 cm³/mol. The highest BCUT2D eigenvalue weighted by atomic mass is 16.1. The van der Waals surface area contributed by atoms with Crippen molar-refractivity contribution in [1.82, 2.24) is 19.9 Å². The summed E-state index contributed by atoms with van der Waals surface area (Å²) in [6, 6.07) is 4.62. The lowest BCUT2D eigenvalue weighted by Gasteiger charge is -2.10. The first kappa shape index (κ1) is 32.8. The molecule has 5 rings (SSSR count). The summed E-state index contributed by atoms with van der Waals surface area (Å²) in [6.45, 7) is 20.1. The molecule has 0 saturated carbocycles. The Hall–Kier alpha value is -3.60. The molecule has 240 valence electrons. The second kappa shape index (κ2) is 13.8. The number of unbranched alkanes of at least 4 members (excludes halogenated alkanes) is 1. The molecule has 0 radical (unpaired) electrons. The Morgan fingerprint density at radius 3 is 1.38 bits per heavy atom. The number of nitrogens with one attached hydrogen (secondary N) is 3. The highest BCUT2D eigenvalue weighted by Crippen LogP contribution is 2.38. The van der Waals surface area contributed by atoms with Crippen molar-refractivity contribution in [2.45, 2.75) is 133 Å². The molecule has 4 aromatic rings. The van der Waals surface area contributed by atoms with Crippen LogP contribution in [0.5, 0.6) is 0 Å². The van der Waals surface area contributed by atoms with Crippen LogP contribution in [0.2, 0.25) is 0 Å². The molecule has 8 bridgehead atoms. The van der Waals surface area contributed by atoms with Crippen molar-refractivity contribution < 1.29 is 0 Å². The topological polar surface area (TPSA) is 77.3 Å². The molecule has 0 spiro atoms. The Morgan fingerprint density at radius 2 is 0.911 bits per heavy atom. The van der Waals surface area contributed by atoms with Gasteiger partial charge in [0, 0.05) is 33.1 Å². The molecule has 4 aromatic heterocycles. The first-order valence-corrected chi connectivity index (χ1v) is 17.9. The maximum Gasteiger partial charge on any atom is 0.228 e. The zero-order valence-corrected chi connectivity index (χ0v) is 29.3. The minimum Gasteiger partial charge on any atom is -0.355 e. The van der Waals surface area contributed by atoms with E-state index in [0.29, 0.717) is 11.2 Å². The largest absolute Gasteiger partial charge is 0.355 e. The van der Waals surface area contributed by atoms with Crippen molar-refractivity contribution in [3.05, 3.63) is 72.7 Å². The summed E-state index contributed by atoms with van der Waals surface area (Å²) < 4.78 is 0. The average molecular weight is 607 g/mol. The number of rotatable bonds is 11. The normalized spacial score (nSPS) is 12.6. The fourth-order valence-corrected chi connectivity index (χ4v) is 8.01. The van der Waals surface area contributed by atoms with Crippen molar-refractivity contribution >= 4 is 44.2 Å². The summed E-state index contributed by atoms with van der Waals surface area (Å²) in [4.78, 5) is 31.5. The fraction of sp³-hybridized carbons (Fsp3) is 0.500. The zero-order chi connectivity index (χ0) is 32.4. The van der Waals surface area contributed by atoms with Crippen LogP contribution in [0.1, 0.15) is 138 Å². The van der Waals surface area contributed by atoms with Crippen LogP contribution in [0.4, 0.5) is 0 Å². The molecule has 5 heteroatoms. The molecule has 0 aliphatic carbocycles.